The van der Waals surface area contributed by atoms with E-state index in [2.05, 4.69) is 8.37 Å². The van der Waals surface area contributed by atoms with Crippen LogP contribution in [0.4, 0.5) is 0 Å². The van der Waals surface area contributed by atoms with Crippen molar-refractivity contribution in [1.82, 2.24) is 0 Å². The Morgan fingerprint density at radius 3 is 2.33 bits per heavy atom. The van der Waals surface area contributed by atoms with Gasteiger partial charge in [-0.15, -0.1) is 0 Å². The van der Waals surface area contributed by atoms with E-state index in [0.717, 1.165) is 0 Å². The van der Waals surface area contributed by atoms with Crippen molar-refractivity contribution in [3.63, 3.8) is 0 Å². The van der Waals surface area contributed by atoms with Crippen molar-refractivity contribution in [3.8, 4) is 0 Å². The average Bonchev–Trinajstić information content (AvgIpc) is 2.02. The quantitative estimate of drug-likeness (QED) is 0.281. The highest BCUT2D eigenvalue weighted by molar-refractivity contribution is 14.1. The first-order chi connectivity index (χ1) is 5.36. The largest absolute Gasteiger partial charge is 0.315 e. The van der Waals surface area contributed by atoms with Crippen LogP contribution in [0.15, 0.2) is 0 Å². The third-order valence-electron chi connectivity index (χ3n) is 0.964. The molecule has 1 atom stereocenters. The fourth-order valence-electron chi connectivity index (χ4n) is 0.512. The molecule has 0 aromatic rings. The zero-order valence-electron chi connectivity index (χ0n) is 5.60. The molecule has 0 saturated carbocycles. The molecule has 1 N–H and O–H groups in total. The van der Waals surface area contributed by atoms with E-state index in [1.165, 1.54) is 22.6 Å². The highest BCUT2D eigenvalue weighted by Gasteiger charge is 2.28. The van der Waals surface area contributed by atoms with E-state index in [0.29, 0.717) is 0 Å². The molecule has 1 heterocycles. The molecule has 72 valence electrons. The van der Waals surface area contributed by atoms with E-state index in [9.17, 15) is 12.6 Å². The molecule has 0 aromatic carbocycles. The summed E-state index contributed by atoms with van der Waals surface area (Å²) in [5.41, 5.74) is 0. The van der Waals surface area contributed by atoms with Crippen molar-refractivity contribution < 1.29 is 25.5 Å². The lowest BCUT2D eigenvalue weighted by Gasteiger charge is -2.00. The molecule has 0 fully saturated rings. The lowest BCUT2D eigenvalue weighted by molar-refractivity contribution is 0.226. The Balaban J connectivity index is 3.38. The average molecular weight is 328 g/mol. The van der Waals surface area contributed by atoms with Gasteiger partial charge in [0.25, 0.3) is 0 Å². The first kappa shape index (κ1) is 10.7. The van der Waals surface area contributed by atoms with Gasteiger partial charge in [0.1, 0.15) is 0 Å². The minimum atomic E-state index is -4.05. The molecule has 0 aromatic heterocycles. The first-order valence-corrected chi connectivity index (χ1v) is 6.62. The van der Waals surface area contributed by atoms with Crippen molar-refractivity contribution >= 4 is 45.0 Å². The van der Waals surface area contributed by atoms with Gasteiger partial charge in [-0.05, 0) is 22.6 Å². The minimum Gasteiger partial charge on any atom is -0.292 e. The fraction of sp³-hybridized carbons (Fsp3) is 0.667. The van der Waals surface area contributed by atoms with E-state index in [4.69, 9.17) is 4.55 Å². The van der Waals surface area contributed by atoms with Gasteiger partial charge >= 0.3 is 10.1 Å². The lowest BCUT2D eigenvalue weighted by atomic mass is 10.8. The van der Waals surface area contributed by atoms with Gasteiger partial charge in [-0.3, -0.25) is 12.9 Å². The molecule has 0 bridgehead atoms. The lowest BCUT2D eigenvalue weighted by Crippen LogP contribution is -2.17. The van der Waals surface area contributed by atoms with Crippen LogP contribution in [0.2, 0.25) is 0 Å². The molecule has 6 nitrogen and oxygen atoms in total. The second kappa shape index (κ2) is 3.38. The van der Waals surface area contributed by atoms with Gasteiger partial charge in [-0.25, -0.2) is 4.21 Å². The predicted octanol–water partition coefficient (Wildman–Crippen LogP) is -0.442. The SMILES string of the molecule is O=S1(=O)OCCOS(=O)(O)=C1I. The Morgan fingerprint density at radius 1 is 1.25 bits per heavy atom. The van der Waals surface area contributed by atoms with Gasteiger partial charge in [0, 0.05) is 0 Å². The Morgan fingerprint density at radius 2 is 1.75 bits per heavy atom. The Labute approximate surface area is 83.5 Å². The van der Waals surface area contributed by atoms with Crippen molar-refractivity contribution in [3.05, 3.63) is 0 Å². The van der Waals surface area contributed by atoms with Crippen LogP contribution < -0.4 is 0 Å². The van der Waals surface area contributed by atoms with Gasteiger partial charge in [-0.1, -0.05) is 0 Å². The van der Waals surface area contributed by atoms with E-state index in [1.807, 2.05) is 0 Å². The van der Waals surface area contributed by atoms with Gasteiger partial charge in [-0.2, -0.15) is 8.42 Å². The third kappa shape index (κ3) is 2.09. The van der Waals surface area contributed by atoms with Crippen LogP contribution in [0.5, 0.6) is 0 Å². The first-order valence-electron chi connectivity index (χ1n) is 2.69. The maximum atomic E-state index is 11.0. The van der Waals surface area contributed by atoms with Crippen LogP contribution in [-0.2, 0) is 28.6 Å². The Bertz CT molecular complexity index is 387. The molecule has 0 saturated heterocycles. The van der Waals surface area contributed by atoms with Gasteiger partial charge < -0.3 is 0 Å². The maximum absolute atomic E-state index is 11.0. The molecule has 0 radical (unpaired) electrons. The van der Waals surface area contributed by atoms with E-state index >= 15 is 0 Å². The van der Waals surface area contributed by atoms with Crippen LogP contribution in [0.3, 0.4) is 0 Å². The van der Waals surface area contributed by atoms with E-state index < -0.39 is 22.4 Å². The Hall–Kier alpha value is 0.580. The molecule has 1 unspecified atom stereocenters. The van der Waals surface area contributed by atoms with Gasteiger partial charge in [0.05, 0.1) is 13.2 Å². The van der Waals surface area contributed by atoms with Gasteiger partial charge in [0.2, 0.25) is 12.3 Å². The standard InChI is InChI=1S/C3H5IO6S2/c4-3-11(5,6)9-1-2-10-12(3,7)8/h1-2H2,(H,5,6). The molecule has 0 spiro atoms. The monoisotopic (exact) mass is 328 g/mol. The van der Waals surface area contributed by atoms with Gasteiger partial charge in [0.15, 0.2) is 0 Å². The summed E-state index contributed by atoms with van der Waals surface area (Å²) in [6.45, 7) is -0.465. The summed E-state index contributed by atoms with van der Waals surface area (Å²) in [6.07, 6.45) is 0. The van der Waals surface area contributed by atoms with Crippen LogP contribution in [0.25, 0.3) is 0 Å². The topological polar surface area (TPSA) is 89.9 Å². The number of halogens is 1. The summed E-state index contributed by atoms with van der Waals surface area (Å²) < 4.78 is 49.8. The van der Waals surface area contributed by atoms with Crippen LogP contribution in [0.1, 0.15) is 0 Å². The number of hydrogen-bond donors (Lipinski definition) is 1. The smallest absolute Gasteiger partial charge is 0.292 e. The highest BCUT2D eigenvalue weighted by atomic mass is 127. The number of hydrogen-bond acceptors (Lipinski definition) is 5. The molecule has 0 aliphatic carbocycles. The molecule has 12 heavy (non-hydrogen) atoms. The maximum Gasteiger partial charge on any atom is 0.315 e. The normalized spacial score (nSPS) is 36.0. The summed E-state index contributed by atoms with van der Waals surface area (Å²) >= 11 is 1.22. The molecule has 1 rings (SSSR count). The van der Waals surface area contributed by atoms with Crippen molar-refractivity contribution in [1.29, 1.82) is 0 Å². The zero-order valence-corrected chi connectivity index (χ0v) is 9.39. The molecular formula is C3H5IO6S2. The van der Waals surface area contributed by atoms with Crippen molar-refractivity contribution in [2.24, 2.45) is 0 Å². The summed E-state index contributed by atoms with van der Waals surface area (Å²) in [5.74, 6) is 0. The second-order valence-electron chi connectivity index (χ2n) is 1.81. The zero-order chi connectivity index (χ0) is 9.41. The Kier molecular flexibility index (Phi) is 3.00. The van der Waals surface area contributed by atoms with E-state index in [1.54, 1.807) is 0 Å². The minimum absolute atomic E-state index is 0.221. The van der Waals surface area contributed by atoms with E-state index in [-0.39, 0.29) is 13.2 Å². The summed E-state index contributed by atoms with van der Waals surface area (Å²) in [5, 5.41) is 0. The third-order valence-corrected chi connectivity index (χ3v) is 7.26. The molecule has 1 aliphatic heterocycles. The van der Waals surface area contributed by atoms with Crippen LogP contribution in [-0.4, -0.2) is 32.6 Å². The summed E-state index contributed by atoms with van der Waals surface area (Å²) in [6, 6.07) is 0. The summed E-state index contributed by atoms with van der Waals surface area (Å²) in [4.78, 5) is 0. The molecule has 1 aliphatic rings. The second-order valence-corrected chi connectivity index (χ2v) is 7.76. The van der Waals surface area contributed by atoms with Crippen molar-refractivity contribution in [2.75, 3.05) is 13.2 Å². The van der Waals surface area contributed by atoms with Crippen LogP contribution >= 0.6 is 22.6 Å². The van der Waals surface area contributed by atoms with Crippen LogP contribution in [0, 0.1) is 0 Å². The van der Waals surface area contributed by atoms with Crippen molar-refractivity contribution in [2.45, 2.75) is 0 Å². The number of rotatable bonds is 0. The predicted molar refractivity (Wildman–Crippen MR) is 50.6 cm³/mol. The fourth-order valence-corrected chi connectivity index (χ4v) is 3.36. The molecule has 9 heteroatoms. The molecule has 0 amide bonds. The molecular weight excluding hydrogens is 323 g/mol. The highest BCUT2D eigenvalue weighted by Crippen LogP contribution is 2.13. The summed E-state index contributed by atoms with van der Waals surface area (Å²) in [7, 11) is -7.92.